The first-order valence-electron chi connectivity index (χ1n) is 7.43. The third kappa shape index (κ3) is 4.06. The number of benzene rings is 1. The minimum Gasteiger partial charge on any atom is -0.495 e. The fourth-order valence-electron chi connectivity index (χ4n) is 2.30. The molecule has 0 aromatic heterocycles. The SMILES string of the molecule is COc1cc(N2CCN(C(=O)OC(C)(C)C)CC2=O)ccc1N. The van der Waals surface area contributed by atoms with Gasteiger partial charge in [0, 0.05) is 24.8 Å². The van der Waals surface area contributed by atoms with Crippen molar-refractivity contribution in [3.63, 3.8) is 0 Å². The van der Waals surface area contributed by atoms with Crippen LogP contribution in [0.2, 0.25) is 0 Å². The number of amides is 2. The van der Waals surface area contributed by atoms with Gasteiger partial charge in [-0.05, 0) is 32.9 Å². The Hall–Kier alpha value is -2.44. The lowest BCUT2D eigenvalue weighted by Crippen LogP contribution is -2.53. The molecule has 7 heteroatoms. The Morgan fingerprint density at radius 2 is 1.96 bits per heavy atom. The first-order valence-corrected chi connectivity index (χ1v) is 7.43. The van der Waals surface area contributed by atoms with Crippen molar-refractivity contribution in [1.29, 1.82) is 0 Å². The van der Waals surface area contributed by atoms with Crippen LogP contribution in [0.5, 0.6) is 5.75 Å². The predicted octanol–water partition coefficient (Wildman–Crippen LogP) is 1.86. The maximum Gasteiger partial charge on any atom is 0.410 e. The van der Waals surface area contributed by atoms with Gasteiger partial charge < -0.3 is 20.1 Å². The molecule has 1 aliphatic rings. The van der Waals surface area contributed by atoms with Crippen molar-refractivity contribution < 1.29 is 19.1 Å². The molecule has 0 radical (unpaired) electrons. The molecule has 1 saturated heterocycles. The molecule has 2 rings (SSSR count). The van der Waals surface area contributed by atoms with Crippen LogP contribution in [0.3, 0.4) is 0 Å². The third-order valence-corrected chi connectivity index (χ3v) is 3.40. The minimum absolute atomic E-state index is 0.0123. The average Bonchev–Trinajstić information content (AvgIpc) is 2.46. The Labute approximate surface area is 135 Å². The molecular weight excluding hydrogens is 298 g/mol. The lowest BCUT2D eigenvalue weighted by Gasteiger charge is -2.35. The molecule has 0 unspecified atom stereocenters. The fourth-order valence-corrected chi connectivity index (χ4v) is 2.30. The molecule has 2 amide bonds. The van der Waals surface area contributed by atoms with E-state index in [1.807, 2.05) is 0 Å². The molecule has 0 aliphatic carbocycles. The highest BCUT2D eigenvalue weighted by Gasteiger charge is 2.31. The van der Waals surface area contributed by atoms with Crippen LogP contribution in [0, 0.1) is 0 Å². The molecule has 0 spiro atoms. The van der Waals surface area contributed by atoms with E-state index in [4.69, 9.17) is 15.2 Å². The zero-order valence-electron chi connectivity index (χ0n) is 14.0. The number of anilines is 2. The van der Waals surface area contributed by atoms with Gasteiger partial charge >= 0.3 is 6.09 Å². The van der Waals surface area contributed by atoms with Crippen LogP contribution in [-0.4, -0.2) is 49.2 Å². The molecule has 1 aromatic carbocycles. The number of carbonyl (C=O) groups is 2. The van der Waals surface area contributed by atoms with Crippen molar-refractivity contribution in [2.24, 2.45) is 0 Å². The van der Waals surface area contributed by atoms with Crippen molar-refractivity contribution in [2.45, 2.75) is 26.4 Å². The van der Waals surface area contributed by atoms with E-state index in [0.717, 1.165) is 0 Å². The van der Waals surface area contributed by atoms with Crippen molar-refractivity contribution >= 4 is 23.4 Å². The molecule has 1 aliphatic heterocycles. The number of methoxy groups -OCH3 is 1. The van der Waals surface area contributed by atoms with Gasteiger partial charge in [0.15, 0.2) is 0 Å². The van der Waals surface area contributed by atoms with Crippen molar-refractivity contribution in [3.05, 3.63) is 18.2 Å². The van der Waals surface area contributed by atoms with Crippen LogP contribution >= 0.6 is 0 Å². The third-order valence-electron chi connectivity index (χ3n) is 3.40. The first-order chi connectivity index (χ1) is 10.7. The summed E-state index contributed by atoms with van der Waals surface area (Å²) in [6.45, 7) is 6.18. The summed E-state index contributed by atoms with van der Waals surface area (Å²) < 4.78 is 10.5. The normalized spacial score (nSPS) is 15.6. The molecular formula is C16H23N3O4. The first kappa shape index (κ1) is 16.9. The summed E-state index contributed by atoms with van der Waals surface area (Å²) in [6.07, 6.45) is -0.472. The molecule has 126 valence electrons. The second kappa shape index (κ2) is 6.36. The summed E-state index contributed by atoms with van der Waals surface area (Å²) >= 11 is 0. The number of rotatable bonds is 2. The van der Waals surface area contributed by atoms with Crippen LogP contribution in [-0.2, 0) is 9.53 Å². The van der Waals surface area contributed by atoms with Gasteiger partial charge in [0.1, 0.15) is 17.9 Å². The van der Waals surface area contributed by atoms with Gasteiger partial charge in [-0.1, -0.05) is 0 Å². The maximum atomic E-state index is 12.4. The van der Waals surface area contributed by atoms with Crippen LogP contribution in [0.4, 0.5) is 16.2 Å². The van der Waals surface area contributed by atoms with Gasteiger partial charge in [0.05, 0.1) is 12.8 Å². The van der Waals surface area contributed by atoms with Crippen molar-refractivity contribution in [1.82, 2.24) is 4.90 Å². The Bertz CT molecular complexity index is 610. The van der Waals surface area contributed by atoms with Crippen LogP contribution in [0.15, 0.2) is 18.2 Å². The van der Waals surface area contributed by atoms with Crippen LogP contribution in [0.25, 0.3) is 0 Å². The lowest BCUT2D eigenvalue weighted by molar-refractivity contribution is -0.121. The second-order valence-corrected chi connectivity index (χ2v) is 6.37. The van der Waals surface area contributed by atoms with Gasteiger partial charge in [-0.15, -0.1) is 0 Å². The highest BCUT2D eigenvalue weighted by molar-refractivity contribution is 5.97. The minimum atomic E-state index is -0.582. The molecule has 1 fully saturated rings. The van der Waals surface area contributed by atoms with Crippen LogP contribution in [0.1, 0.15) is 20.8 Å². The van der Waals surface area contributed by atoms with E-state index in [2.05, 4.69) is 0 Å². The Morgan fingerprint density at radius 3 is 2.52 bits per heavy atom. The highest BCUT2D eigenvalue weighted by Crippen LogP contribution is 2.28. The standard InChI is InChI=1S/C16H23N3O4/c1-16(2,3)23-15(21)18-7-8-19(14(20)10-18)11-5-6-12(17)13(9-11)22-4/h5-6,9H,7-8,10,17H2,1-4H3. The maximum absolute atomic E-state index is 12.4. The second-order valence-electron chi connectivity index (χ2n) is 6.37. The number of hydrogen-bond donors (Lipinski definition) is 1. The Morgan fingerprint density at radius 1 is 1.26 bits per heavy atom. The molecule has 2 N–H and O–H groups in total. The molecule has 1 heterocycles. The number of ether oxygens (including phenoxy) is 2. The summed E-state index contributed by atoms with van der Waals surface area (Å²) in [5, 5.41) is 0. The molecule has 0 saturated carbocycles. The van der Waals surface area contributed by atoms with E-state index in [-0.39, 0.29) is 12.5 Å². The molecule has 23 heavy (non-hydrogen) atoms. The van der Waals surface area contributed by atoms with E-state index in [1.54, 1.807) is 43.9 Å². The monoisotopic (exact) mass is 321 g/mol. The summed E-state index contributed by atoms with van der Waals surface area (Å²) in [4.78, 5) is 27.4. The zero-order chi connectivity index (χ0) is 17.2. The fraction of sp³-hybridized carbons (Fsp3) is 0.500. The topological polar surface area (TPSA) is 85.1 Å². The lowest BCUT2D eigenvalue weighted by atomic mass is 10.2. The van der Waals surface area contributed by atoms with Gasteiger partial charge in [0.2, 0.25) is 5.91 Å². The zero-order valence-corrected chi connectivity index (χ0v) is 14.0. The summed E-state index contributed by atoms with van der Waals surface area (Å²) in [6, 6.07) is 5.18. The van der Waals surface area contributed by atoms with Crippen LogP contribution < -0.4 is 15.4 Å². The molecule has 0 atom stereocenters. The van der Waals surface area contributed by atoms with Gasteiger partial charge in [-0.2, -0.15) is 0 Å². The largest absolute Gasteiger partial charge is 0.495 e. The Balaban J connectivity index is 2.07. The van der Waals surface area contributed by atoms with E-state index in [1.165, 1.54) is 12.0 Å². The van der Waals surface area contributed by atoms with Gasteiger partial charge in [-0.25, -0.2) is 4.79 Å². The van der Waals surface area contributed by atoms with Gasteiger partial charge in [-0.3, -0.25) is 9.69 Å². The van der Waals surface area contributed by atoms with E-state index >= 15 is 0 Å². The average molecular weight is 321 g/mol. The summed E-state index contributed by atoms with van der Waals surface area (Å²) in [5.41, 5.74) is 6.41. The molecule has 7 nitrogen and oxygen atoms in total. The van der Waals surface area contributed by atoms with E-state index in [9.17, 15) is 9.59 Å². The molecule has 0 bridgehead atoms. The number of carbonyl (C=O) groups excluding carboxylic acids is 2. The summed E-state index contributed by atoms with van der Waals surface area (Å²) in [5.74, 6) is 0.346. The van der Waals surface area contributed by atoms with Crippen molar-refractivity contribution in [2.75, 3.05) is 37.4 Å². The number of nitrogen functional groups attached to an aromatic ring is 1. The number of nitrogens with zero attached hydrogens (tertiary/aromatic N) is 2. The highest BCUT2D eigenvalue weighted by atomic mass is 16.6. The quantitative estimate of drug-likeness (QED) is 0.840. The van der Waals surface area contributed by atoms with E-state index in [0.29, 0.717) is 30.2 Å². The molecule has 1 aromatic rings. The Kier molecular flexibility index (Phi) is 4.68. The van der Waals surface area contributed by atoms with E-state index < -0.39 is 11.7 Å². The van der Waals surface area contributed by atoms with Crippen molar-refractivity contribution in [3.8, 4) is 5.75 Å². The summed E-state index contributed by atoms with van der Waals surface area (Å²) in [7, 11) is 1.53. The number of piperazine rings is 1. The number of hydrogen-bond acceptors (Lipinski definition) is 5. The number of nitrogens with two attached hydrogens (primary N) is 1. The van der Waals surface area contributed by atoms with Gasteiger partial charge in [0.25, 0.3) is 0 Å². The smallest absolute Gasteiger partial charge is 0.410 e. The predicted molar refractivity (Wildman–Crippen MR) is 87.6 cm³/mol.